The van der Waals surface area contributed by atoms with Crippen LogP contribution in [0.25, 0.3) is 0 Å². The molecule has 0 unspecified atom stereocenters. The lowest BCUT2D eigenvalue weighted by molar-refractivity contribution is -0.157. The van der Waals surface area contributed by atoms with Crippen LogP contribution in [0.2, 0.25) is 0 Å². The normalized spacial score (nSPS) is 14.8. The lowest BCUT2D eigenvalue weighted by Gasteiger charge is -2.21. The smallest absolute Gasteiger partial charge is 0.401 e. The molecule has 0 aromatic rings. The van der Waals surface area contributed by atoms with Crippen LogP contribution in [0.3, 0.4) is 0 Å². The number of rotatable bonds is 3. The fourth-order valence-electron chi connectivity index (χ4n) is 0.608. The first-order valence-electron chi connectivity index (χ1n) is 3.24. The predicted octanol–water partition coefficient (Wildman–Crippen LogP) is 0.954. The molecular weight excluding hydrogens is 175 g/mol. The van der Waals surface area contributed by atoms with Crippen LogP contribution in [-0.4, -0.2) is 41.8 Å². The van der Waals surface area contributed by atoms with Crippen LogP contribution in [0, 0.1) is 0 Å². The Labute approximate surface area is 67.8 Å². The van der Waals surface area contributed by atoms with Gasteiger partial charge in [-0.3, -0.25) is 9.69 Å². The summed E-state index contributed by atoms with van der Waals surface area (Å²) in [6.45, 7) is -0.00542. The second-order valence-corrected chi connectivity index (χ2v) is 2.54. The van der Waals surface area contributed by atoms with E-state index in [4.69, 9.17) is 5.11 Å². The molecular formula is C6H10F3NO2. The molecule has 0 aliphatic heterocycles. The number of carbonyl (C=O) groups is 1. The zero-order valence-electron chi connectivity index (χ0n) is 6.72. The van der Waals surface area contributed by atoms with Gasteiger partial charge in [0.2, 0.25) is 0 Å². The Balaban J connectivity index is 4.04. The van der Waals surface area contributed by atoms with Crippen molar-refractivity contribution in [2.24, 2.45) is 0 Å². The monoisotopic (exact) mass is 185 g/mol. The number of carboxylic acids is 1. The van der Waals surface area contributed by atoms with E-state index in [1.807, 2.05) is 0 Å². The number of halogens is 3. The Hall–Kier alpha value is -0.780. The Morgan fingerprint density at radius 2 is 2.00 bits per heavy atom. The van der Waals surface area contributed by atoms with Crippen LogP contribution in [0.5, 0.6) is 0 Å². The van der Waals surface area contributed by atoms with Gasteiger partial charge in [-0.05, 0) is 14.0 Å². The molecule has 6 heteroatoms. The van der Waals surface area contributed by atoms with E-state index in [1.54, 1.807) is 0 Å². The second kappa shape index (κ2) is 3.75. The molecule has 0 aromatic heterocycles. The van der Waals surface area contributed by atoms with Crippen molar-refractivity contribution in [3.05, 3.63) is 0 Å². The van der Waals surface area contributed by atoms with Crippen molar-refractivity contribution in [2.75, 3.05) is 13.6 Å². The molecule has 0 aliphatic carbocycles. The lowest BCUT2D eigenvalue weighted by atomic mass is 10.3. The first kappa shape index (κ1) is 11.2. The summed E-state index contributed by atoms with van der Waals surface area (Å²) in [5.41, 5.74) is 0. The van der Waals surface area contributed by atoms with Gasteiger partial charge in [0.05, 0.1) is 6.54 Å². The molecule has 0 bridgehead atoms. The number of nitrogens with zero attached hydrogens (tertiary/aromatic N) is 1. The van der Waals surface area contributed by atoms with E-state index in [2.05, 4.69) is 0 Å². The van der Waals surface area contributed by atoms with E-state index in [1.165, 1.54) is 6.92 Å². The van der Waals surface area contributed by atoms with Crippen molar-refractivity contribution in [1.82, 2.24) is 4.90 Å². The average molecular weight is 185 g/mol. The zero-order chi connectivity index (χ0) is 9.94. The number of likely N-dealkylation sites (N-methyl/N-ethyl adjacent to an activating group) is 1. The van der Waals surface area contributed by atoms with Crippen molar-refractivity contribution < 1.29 is 23.1 Å². The van der Waals surface area contributed by atoms with Gasteiger partial charge in [0, 0.05) is 0 Å². The van der Waals surface area contributed by atoms with Crippen molar-refractivity contribution in [3.63, 3.8) is 0 Å². The summed E-state index contributed by atoms with van der Waals surface area (Å²) in [7, 11) is 1.12. The molecule has 3 nitrogen and oxygen atoms in total. The minimum absolute atomic E-state index is 0.725. The van der Waals surface area contributed by atoms with Crippen LogP contribution in [0.1, 0.15) is 6.92 Å². The minimum atomic E-state index is -4.35. The Kier molecular flexibility index (Phi) is 3.51. The number of aliphatic carboxylic acids is 1. The van der Waals surface area contributed by atoms with Crippen molar-refractivity contribution >= 4 is 5.97 Å². The molecule has 12 heavy (non-hydrogen) atoms. The van der Waals surface area contributed by atoms with Gasteiger partial charge >= 0.3 is 12.1 Å². The summed E-state index contributed by atoms with van der Waals surface area (Å²) >= 11 is 0. The van der Waals surface area contributed by atoms with Crippen LogP contribution >= 0.6 is 0 Å². The largest absolute Gasteiger partial charge is 0.480 e. The van der Waals surface area contributed by atoms with Crippen molar-refractivity contribution in [1.29, 1.82) is 0 Å². The summed E-state index contributed by atoms with van der Waals surface area (Å²) in [4.78, 5) is 10.9. The number of alkyl halides is 3. The first-order chi connectivity index (χ1) is 5.24. The summed E-state index contributed by atoms with van der Waals surface area (Å²) < 4.78 is 35.1. The Morgan fingerprint density at radius 3 is 2.25 bits per heavy atom. The number of carboxylic acid groups (broad SMARTS) is 1. The van der Waals surface area contributed by atoms with Gasteiger partial charge in [0.15, 0.2) is 0 Å². The third-order valence-electron chi connectivity index (χ3n) is 1.45. The summed E-state index contributed by atoms with van der Waals surface area (Å²) in [6.07, 6.45) is -4.35. The second-order valence-electron chi connectivity index (χ2n) is 2.54. The molecule has 1 N–H and O–H groups in total. The standard InChI is InChI=1S/C6H10F3NO2/c1-4(5(11)12)10(2)3-6(7,8)9/h4H,3H2,1-2H3,(H,11,12)/t4-/m1/s1. The number of hydrogen-bond donors (Lipinski definition) is 1. The van der Waals surface area contributed by atoms with Gasteiger partial charge in [-0.15, -0.1) is 0 Å². The Morgan fingerprint density at radius 1 is 1.58 bits per heavy atom. The highest BCUT2D eigenvalue weighted by Crippen LogP contribution is 2.16. The van der Waals surface area contributed by atoms with E-state index >= 15 is 0 Å². The molecule has 0 rings (SSSR count). The highest BCUT2D eigenvalue weighted by Gasteiger charge is 2.32. The van der Waals surface area contributed by atoms with Gasteiger partial charge in [-0.1, -0.05) is 0 Å². The lowest BCUT2D eigenvalue weighted by Crippen LogP contribution is -2.41. The Bertz CT molecular complexity index is 169. The zero-order valence-corrected chi connectivity index (χ0v) is 6.72. The van der Waals surface area contributed by atoms with Gasteiger partial charge in [0.1, 0.15) is 6.04 Å². The molecule has 0 saturated carbocycles. The van der Waals surface area contributed by atoms with Crippen LogP contribution in [0.4, 0.5) is 13.2 Å². The maximum Gasteiger partial charge on any atom is 0.401 e. The maximum absolute atomic E-state index is 11.7. The van der Waals surface area contributed by atoms with E-state index in [0.717, 1.165) is 11.9 Å². The van der Waals surface area contributed by atoms with Crippen molar-refractivity contribution in [3.8, 4) is 0 Å². The highest BCUT2D eigenvalue weighted by atomic mass is 19.4. The van der Waals surface area contributed by atoms with Gasteiger partial charge in [-0.2, -0.15) is 13.2 Å². The third kappa shape index (κ3) is 4.17. The van der Waals surface area contributed by atoms with Gasteiger partial charge in [0.25, 0.3) is 0 Å². The molecule has 0 spiro atoms. The van der Waals surface area contributed by atoms with E-state index < -0.39 is 24.7 Å². The molecule has 0 amide bonds. The summed E-state index contributed by atoms with van der Waals surface area (Å²) in [5.74, 6) is -1.26. The van der Waals surface area contributed by atoms with E-state index in [-0.39, 0.29) is 0 Å². The molecule has 0 heterocycles. The van der Waals surface area contributed by atoms with Crippen molar-refractivity contribution in [2.45, 2.75) is 19.1 Å². The van der Waals surface area contributed by atoms with E-state index in [9.17, 15) is 18.0 Å². The molecule has 0 fully saturated rings. The topological polar surface area (TPSA) is 40.5 Å². The fraction of sp³-hybridized carbons (Fsp3) is 0.833. The maximum atomic E-state index is 11.7. The molecule has 1 atom stereocenters. The van der Waals surface area contributed by atoms with Crippen LogP contribution < -0.4 is 0 Å². The van der Waals surface area contributed by atoms with Gasteiger partial charge in [-0.25, -0.2) is 0 Å². The molecule has 72 valence electrons. The first-order valence-corrected chi connectivity index (χ1v) is 3.24. The van der Waals surface area contributed by atoms with Gasteiger partial charge < -0.3 is 5.11 Å². The van der Waals surface area contributed by atoms with Crippen LogP contribution in [0.15, 0.2) is 0 Å². The quantitative estimate of drug-likeness (QED) is 0.711. The SMILES string of the molecule is C[C@H](C(=O)O)N(C)CC(F)(F)F. The minimum Gasteiger partial charge on any atom is -0.480 e. The molecule has 0 aliphatic rings. The molecule has 0 radical (unpaired) electrons. The van der Waals surface area contributed by atoms with E-state index in [0.29, 0.717) is 0 Å². The summed E-state index contributed by atoms with van der Waals surface area (Å²) in [6, 6.07) is -1.12. The highest BCUT2D eigenvalue weighted by molar-refractivity contribution is 5.72. The fourth-order valence-corrected chi connectivity index (χ4v) is 0.608. The number of hydrogen-bond acceptors (Lipinski definition) is 2. The average Bonchev–Trinajstić information content (AvgIpc) is 1.82. The molecule has 0 saturated heterocycles. The van der Waals surface area contributed by atoms with Crippen LogP contribution in [-0.2, 0) is 4.79 Å². The summed E-state index contributed by atoms with van der Waals surface area (Å²) in [5, 5.41) is 8.34. The predicted molar refractivity (Wildman–Crippen MR) is 35.8 cm³/mol. The molecule has 0 aromatic carbocycles. The third-order valence-corrected chi connectivity index (χ3v) is 1.45.